The van der Waals surface area contributed by atoms with E-state index in [9.17, 15) is 9.18 Å². The van der Waals surface area contributed by atoms with Gasteiger partial charge in [-0.1, -0.05) is 12.1 Å². The van der Waals surface area contributed by atoms with Crippen molar-refractivity contribution < 1.29 is 9.13 Å². The molecule has 0 radical (unpaired) electrons. The SMILES string of the molecule is COc1ccc2[nH]c(=O)c([C@@H](c3nnnn3Cc3ccc(F)cc3)N3CCN(C)CC3)cc2c1. The van der Waals surface area contributed by atoms with Gasteiger partial charge in [-0.2, -0.15) is 0 Å². The fourth-order valence-electron chi connectivity index (χ4n) is 4.39. The predicted octanol–water partition coefficient (Wildman–Crippen LogP) is 2.05. The molecule has 1 fully saturated rings. The predicted molar refractivity (Wildman–Crippen MR) is 125 cm³/mol. The number of rotatable bonds is 6. The van der Waals surface area contributed by atoms with Crippen LogP contribution in [0.5, 0.6) is 5.75 Å². The molecule has 0 saturated carbocycles. The zero-order valence-corrected chi connectivity index (χ0v) is 19.1. The second-order valence-corrected chi connectivity index (χ2v) is 8.57. The molecule has 176 valence electrons. The van der Waals surface area contributed by atoms with E-state index in [1.165, 1.54) is 12.1 Å². The summed E-state index contributed by atoms with van der Waals surface area (Å²) in [6, 6.07) is 13.3. The van der Waals surface area contributed by atoms with Gasteiger partial charge in [0.05, 0.1) is 13.7 Å². The second-order valence-electron chi connectivity index (χ2n) is 8.57. The first kappa shape index (κ1) is 22.2. The molecular weight excluding hydrogens is 437 g/mol. The van der Waals surface area contributed by atoms with Crippen LogP contribution in [0.15, 0.2) is 53.3 Å². The number of aromatic nitrogens is 5. The highest BCUT2D eigenvalue weighted by Crippen LogP contribution is 2.29. The average molecular weight is 464 g/mol. The number of ether oxygens (including phenoxy) is 1. The molecule has 4 aromatic rings. The van der Waals surface area contributed by atoms with Crippen LogP contribution in [0.3, 0.4) is 0 Å². The molecule has 9 nitrogen and oxygen atoms in total. The van der Waals surface area contributed by atoms with Crippen molar-refractivity contribution in [3.05, 3.63) is 81.7 Å². The number of hydrogen-bond donors (Lipinski definition) is 1. The Morgan fingerprint density at radius 2 is 1.85 bits per heavy atom. The lowest BCUT2D eigenvalue weighted by Gasteiger charge is -2.37. The van der Waals surface area contributed by atoms with Crippen molar-refractivity contribution in [3.8, 4) is 5.75 Å². The van der Waals surface area contributed by atoms with Crippen LogP contribution >= 0.6 is 0 Å². The van der Waals surface area contributed by atoms with Gasteiger partial charge in [0.15, 0.2) is 5.82 Å². The third-order valence-electron chi connectivity index (χ3n) is 6.33. The molecule has 3 heterocycles. The Morgan fingerprint density at radius 1 is 1.09 bits per heavy atom. The molecule has 1 aliphatic rings. The van der Waals surface area contributed by atoms with Crippen LogP contribution in [0.4, 0.5) is 4.39 Å². The molecular formula is C24H26FN7O2. The first-order valence-corrected chi connectivity index (χ1v) is 11.2. The average Bonchev–Trinajstić information content (AvgIpc) is 3.29. The van der Waals surface area contributed by atoms with Crippen molar-refractivity contribution in [1.82, 2.24) is 35.0 Å². The Kier molecular flexibility index (Phi) is 6.08. The van der Waals surface area contributed by atoms with Crippen molar-refractivity contribution in [3.63, 3.8) is 0 Å². The van der Waals surface area contributed by atoms with E-state index in [1.807, 2.05) is 24.3 Å². The lowest BCUT2D eigenvalue weighted by Crippen LogP contribution is -2.47. The van der Waals surface area contributed by atoms with Crippen LogP contribution < -0.4 is 10.3 Å². The topological polar surface area (TPSA) is 92.2 Å². The van der Waals surface area contributed by atoms with Crippen LogP contribution in [0.2, 0.25) is 0 Å². The van der Waals surface area contributed by atoms with Crippen molar-refractivity contribution in [2.24, 2.45) is 0 Å². The van der Waals surface area contributed by atoms with Crippen LogP contribution in [0.1, 0.15) is 23.0 Å². The standard InChI is InChI=1S/C24H26FN7O2/c1-30-9-11-31(12-10-30)22(20-14-17-13-19(34-2)7-8-21(17)26-24(20)33)23-27-28-29-32(23)15-16-3-5-18(25)6-4-16/h3-8,13-14,22H,9-12,15H2,1-2H3,(H,26,33)/t22-/m0/s1. The number of likely N-dealkylation sites (N-methyl/N-ethyl adjacent to an activating group) is 1. The van der Waals surface area contributed by atoms with Gasteiger partial charge in [-0.05, 0) is 59.4 Å². The Balaban J connectivity index is 1.60. The van der Waals surface area contributed by atoms with Crippen molar-refractivity contribution in [2.75, 3.05) is 40.3 Å². The van der Waals surface area contributed by atoms with Gasteiger partial charge in [0.1, 0.15) is 17.6 Å². The molecule has 1 N–H and O–H groups in total. The second kappa shape index (κ2) is 9.32. The lowest BCUT2D eigenvalue weighted by molar-refractivity contribution is 0.121. The largest absolute Gasteiger partial charge is 0.497 e. The minimum absolute atomic E-state index is 0.182. The van der Waals surface area contributed by atoms with E-state index < -0.39 is 6.04 Å². The summed E-state index contributed by atoms with van der Waals surface area (Å²) in [6.07, 6.45) is 0. The van der Waals surface area contributed by atoms with Gasteiger partial charge in [0.2, 0.25) is 0 Å². The monoisotopic (exact) mass is 463 g/mol. The zero-order chi connectivity index (χ0) is 23.7. The van der Waals surface area contributed by atoms with Gasteiger partial charge < -0.3 is 14.6 Å². The maximum Gasteiger partial charge on any atom is 0.253 e. The summed E-state index contributed by atoms with van der Waals surface area (Å²) in [5.41, 5.74) is 1.99. The van der Waals surface area contributed by atoms with Crippen LogP contribution in [-0.2, 0) is 6.54 Å². The highest BCUT2D eigenvalue weighted by molar-refractivity contribution is 5.80. The number of piperazine rings is 1. The Hall–Kier alpha value is -3.63. The van der Waals surface area contributed by atoms with Gasteiger partial charge in [0.25, 0.3) is 5.56 Å². The quantitative estimate of drug-likeness (QED) is 0.468. The first-order valence-electron chi connectivity index (χ1n) is 11.2. The molecule has 34 heavy (non-hydrogen) atoms. The highest BCUT2D eigenvalue weighted by Gasteiger charge is 2.32. The minimum Gasteiger partial charge on any atom is -0.497 e. The number of benzene rings is 2. The number of hydrogen-bond acceptors (Lipinski definition) is 7. The summed E-state index contributed by atoms with van der Waals surface area (Å²) in [5.74, 6) is 0.985. The number of tetrazole rings is 1. The van der Waals surface area contributed by atoms with Gasteiger partial charge in [0, 0.05) is 42.6 Å². The van der Waals surface area contributed by atoms with E-state index in [0.717, 1.165) is 42.6 Å². The number of halogens is 1. The van der Waals surface area contributed by atoms with Crippen molar-refractivity contribution >= 4 is 10.9 Å². The number of aromatic amines is 1. The molecule has 2 aromatic carbocycles. The van der Waals surface area contributed by atoms with Crippen LogP contribution in [0.25, 0.3) is 10.9 Å². The fourth-order valence-corrected chi connectivity index (χ4v) is 4.39. The van der Waals surface area contributed by atoms with E-state index in [0.29, 0.717) is 23.7 Å². The van der Waals surface area contributed by atoms with Crippen molar-refractivity contribution in [2.45, 2.75) is 12.6 Å². The maximum atomic E-state index is 13.4. The molecule has 0 aliphatic carbocycles. The Bertz CT molecular complexity index is 1340. The molecule has 0 unspecified atom stereocenters. The number of nitrogens with one attached hydrogen (secondary N) is 1. The van der Waals surface area contributed by atoms with E-state index in [2.05, 4.69) is 37.4 Å². The van der Waals surface area contributed by atoms with Crippen LogP contribution in [0, 0.1) is 5.82 Å². The van der Waals surface area contributed by atoms with E-state index >= 15 is 0 Å². The molecule has 0 spiro atoms. The summed E-state index contributed by atoms with van der Waals surface area (Å²) in [4.78, 5) is 20.8. The third-order valence-corrected chi connectivity index (χ3v) is 6.33. The smallest absolute Gasteiger partial charge is 0.253 e. The van der Waals surface area contributed by atoms with Gasteiger partial charge in [-0.25, -0.2) is 9.07 Å². The Morgan fingerprint density at radius 3 is 2.59 bits per heavy atom. The van der Waals surface area contributed by atoms with Crippen LogP contribution in [-0.4, -0.2) is 75.3 Å². The number of pyridine rings is 1. The molecule has 0 bridgehead atoms. The molecule has 5 rings (SSSR count). The first-order chi connectivity index (χ1) is 16.5. The van der Waals surface area contributed by atoms with Gasteiger partial charge in [-0.3, -0.25) is 9.69 Å². The number of methoxy groups -OCH3 is 1. The van der Waals surface area contributed by atoms with Gasteiger partial charge >= 0.3 is 0 Å². The highest BCUT2D eigenvalue weighted by atomic mass is 19.1. The van der Waals surface area contributed by atoms with Crippen molar-refractivity contribution in [1.29, 1.82) is 0 Å². The molecule has 10 heteroatoms. The summed E-state index contributed by atoms with van der Waals surface area (Å²) in [5, 5.41) is 13.4. The molecule has 0 amide bonds. The normalized spacial score (nSPS) is 16.1. The maximum absolute atomic E-state index is 13.4. The Labute approximate surface area is 195 Å². The minimum atomic E-state index is -0.441. The number of fused-ring (bicyclic) bond motifs is 1. The molecule has 1 saturated heterocycles. The van der Waals surface area contributed by atoms with E-state index in [4.69, 9.17) is 4.74 Å². The molecule has 2 aromatic heterocycles. The zero-order valence-electron chi connectivity index (χ0n) is 19.1. The summed E-state index contributed by atoms with van der Waals surface area (Å²) in [6.45, 7) is 3.64. The number of H-pyrrole nitrogens is 1. The summed E-state index contributed by atoms with van der Waals surface area (Å²) < 4.78 is 20.5. The molecule has 1 atom stereocenters. The van der Waals surface area contributed by atoms with E-state index in [1.54, 1.807) is 23.9 Å². The van der Waals surface area contributed by atoms with E-state index in [-0.39, 0.29) is 11.4 Å². The summed E-state index contributed by atoms with van der Waals surface area (Å²) >= 11 is 0. The van der Waals surface area contributed by atoms with Gasteiger partial charge in [-0.15, -0.1) is 5.10 Å². The third kappa shape index (κ3) is 4.42. The fraction of sp³-hybridized carbons (Fsp3) is 0.333. The lowest BCUT2D eigenvalue weighted by atomic mass is 10.0. The number of nitrogens with zero attached hydrogens (tertiary/aromatic N) is 6. The summed E-state index contributed by atoms with van der Waals surface area (Å²) in [7, 11) is 3.70. The molecule has 1 aliphatic heterocycles.